The summed E-state index contributed by atoms with van der Waals surface area (Å²) >= 11 is 0. The average Bonchev–Trinajstić information content (AvgIpc) is 2.41. The van der Waals surface area contributed by atoms with Gasteiger partial charge in [-0.05, 0) is 44.0 Å². The molecule has 2 rings (SSSR count). The van der Waals surface area contributed by atoms with E-state index < -0.39 is 0 Å². The molecular formula is C16H24N2O. The first-order valence-electron chi connectivity index (χ1n) is 7.14. The summed E-state index contributed by atoms with van der Waals surface area (Å²) in [5, 5.41) is 3.17. The molecule has 1 saturated carbocycles. The molecule has 1 amide bonds. The normalized spacial score (nSPS) is 16.8. The van der Waals surface area contributed by atoms with Crippen LogP contribution in [0.25, 0.3) is 0 Å². The van der Waals surface area contributed by atoms with E-state index in [1.807, 2.05) is 31.1 Å². The molecule has 3 nitrogen and oxygen atoms in total. The molecule has 0 spiro atoms. The second kappa shape index (κ2) is 5.74. The van der Waals surface area contributed by atoms with Crippen molar-refractivity contribution in [2.24, 2.45) is 5.41 Å². The van der Waals surface area contributed by atoms with Gasteiger partial charge in [-0.15, -0.1) is 0 Å². The SMILES string of the molecule is CCc1ccc(N(C)C(=O)C2(CNC)CCC2)cc1. The summed E-state index contributed by atoms with van der Waals surface area (Å²) < 4.78 is 0. The lowest BCUT2D eigenvalue weighted by Gasteiger charge is -2.42. The molecule has 1 aliphatic carbocycles. The zero-order chi connectivity index (χ0) is 13.9. The third-order valence-corrected chi connectivity index (χ3v) is 4.32. The van der Waals surface area contributed by atoms with Gasteiger partial charge < -0.3 is 10.2 Å². The first-order valence-corrected chi connectivity index (χ1v) is 7.14. The van der Waals surface area contributed by atoms with Gasteiger partial charge in [0.25, 0.3) is 0 Å². The number of anilines is 1. The highest BCUT2D eigenvalue weighted by molar-refractivity contribution is 5.97. The van der Waals surface area contributed by atoms with Crippen molar-refractivity contribution >= 4 is 11.6 Å². The molecule has 1 fully saturated rings. The number of nitrogens with zero attached hydrogens (tertiary/aromatic N) is 1. The van der Waals surface area contributed by atoms with Gasteiger partial charge in [0.1, 0.15) is 0 Å². The van der Waals surface area contributed by atoms with Gasteiger partial charge in [0.05, 0.1) is 5.41 Å². The van der Waals surface area contributed by atoms with Crippen LogP contribution in [-0.4, -0.2) is 26.5 Å². The fourth-order valence-corrected chi connectivity index (χ4v) is 2.84. The molecule has 0 unspecified atom stereocenters. The summed E-state index contributed by atoms with van der Waals surface area (Å²) in [6.45, 7) is 2.92. The van der Waals surface area contributed by atoms with E-state index in [9.17, 15) is 4.79 Å². The fraction of sp³-hybridized carbons (Fsp3) is 0.562. The molecule has 0 atom stereocenters. The highest BCUT2D eigenvalue weighted by Crippen LogP contribution is 2.42. The van der Waals surface area contributed by atoms with Gasteiger partial charge in [0.15, 0.2) is 0 Å². The maximum absolute atomic E-state index is 12.7. The van der Waals surface area contributed by atoms with E-state index in [1.165, 1.54) is 5.56 Å². The minimum absolute atomic E-state index is 0.174. The lowest BCUT2D eigenvalue weighted by atomic mass is 9.67. The van der Waals surface area contributed by atoms with Crippen LogP contribution in [0.3, 0.4) is 0 Å². The smallest absolute Gasteiger partial charge is 0.234 e. The highest BCUT2D eigenvalue weighted by atomic mass is 16.2. The van der Waals surface area contributed by atoms with Crippen LogP contribution in [0.1, 0.15) is 31.7 Å². The van der Waals surface area contributed by atoms with E-state index in [-0.39, 0.29) is 11.3 Å². The highest BCUT2D eigenvalue weighted by Gasteiger charge is 2.45. The Morgan fingerprint density at radius 3 is 2.37 bits per heavy atom. The third-order valence-electron chi connectivity index (χ3n) is 4.32. The number of hydrogen-bond donors (Lipinski definition) is 1. The van der Waals surface area contributed by atoms with Crippen LogP contribution in [0.5, 0.6) is 0 Å². The maximum atomic E-state index is 12.7. The summed E-state index contributed by atoms with van der Waals surface area (Å²) in [4.78, 5) is 14.5. The Bertz CT molecular complexity index is 435. The molecule has 3 heteroatoms. The molecule has 0 heterocycles. The van der Waals surface area contributed by atoms with Crippen LogP contribution in [0.4, 0.5) is 5.69 Å². The molecule has 1 N–H and O–H groups in total. The summed E-state index contributed by atoms with van der Waals surface area (Å²) in [5.74, 6) is 0.248. The van der Waals surface area contributed by atoms with E-state index >= 15 is 0 Å². The number of aryl methyl sites for hydroxylation is 1. The van der Waals surface area contributed by atoms with Crippen molar-refractivity contribution in [1.82, 2.24) is 5.32 Å². The van der Waals surface area contributed by atoms with Gasteiger partial charge in [0.2, 0.25) is 5.91 Å². The largest absolute Gasteiger partial charge is 0.319 e. The van der Waals surface area contributed by atoms with Crippen LogP contribution < -0.4 is 10.2 Å². The Morgan fingerprint density at radius 2 is 1.95 bits per heavy atom. The van der Waals surface area contributed by atoms with E-state index in [2.05, 4.69) is 24.4 Å². The number of benzene rings is 1. The van der Waals surface area contributed by atoms with Crippen molar-refractivity contribution in [2.45, 2.75) is 32.6 Å². The quantitative estimate of drug-likeness (QED) is 0.882. The van der Waals surface area contributed by atoms with Gasteiger partial charge in [0, 0.05) is 19.3 Å². The lowest BCUT2D eigenvalue weighted by Crippen LogP contribution is -2.51. The molecule has 104 valence electrons. The van der Waals surface area contributed by atoms with Crippen molar-refractivity contribution in [1.29, 1.82) is 0 Å². The van der Waals surface area contributed by atoms with Gasteiger partial charge in [-0.3, -0.25) is 4.79 Å². The number of amides is 1. The van der Waals surface area contributed by atoms with Crippen LogP contribution >= 0.6 is 0 Å². The summed E-state index contributed by atoms with van der Waals surface area (Å²) in [6.07, 6.45) is 4.20. The predicted molar refractivity (Wildman–Crippen MR) is 79.4 cm³/mol. The molecule has 0 bridgehead atoms. The Hall–Kier alpha value is -1.35. The van der Waals surface area contributed by atoms with Crippen LogP contribution in [0.15, 0.2) is 24.3 Å². The van der Waals surface area contributed by atoms with Crippen molar-refractivity contribution < 1.29 is 4.79 Å². The van der Waals surface area contributed by atoms with E-state index in [0.29, 0.717) is 0 Å². The zero-order valence-corrected chi connectivity index (χ0v) is 12.2. The van der Waals surface area contributed by atoms with Crippen LogP contribution in [-0.2, 0) is 11.2 Å². The molecular weight excluding hydrogens is 236 g/mol. The lowest BCUT2D eigenvalue weighted by molar-refractivity contribution is -0.132. The van der Waals surface area contributed by atoms with Crippen molar-refractivity contribution in [3.63, 3.8) is 0 Å². The van der Waals surface area contributed by atoms with Gasteiger partial charge in [-0.2, -0.15) is 0 Å². The molecule has 1 aliphatic rings. The van der Waals surface area contributed by atoms with E-state index in [1.54, 1.807) is 0 Å². The minimum atomic E-state index is -0.174. The van der Waals surface area contributed by atoms with Crippen molar-refractivity contribution in [2.75, 3.05) is 25.5 Å². The summed E-state index contributed by atoms with van der Waals surface area (Å²) in [6, 6.07) is 8.29. The number of nitrogens with one attached hydrogen (secondary N) is 1. The van der Waals surface area contributed by atoms with Gasteiger partial charge >= 0.3 is 0 Å². The Morgan fingerprint density at radius 1 is 1.32 bits per heavy atom. The molecule has 0 radical (unpaired) electrons. The molecule has 1 aromatic rings. The first-order chi connectivity index (χ1) is 9.13. The number of hydrogen-bond acceptors (Lipinski definition) is 2. The summed E-state index contributed by atoms with van der Waals surface area (Å²) in [7, 11) is 3.81. The monoisotopic (exact) mass is 260 g/mol. The molecule has 0 aliphatic heterocycles. The standard InChI is InChI=1S/C16H24N2O/c1-4-13-6-8-14(9-7-13)18(3)15(19)16(12-17-2)10-5-11-16/h6-9,17H,4-5,10-12H2,1-3H3. The predicted octanol–water partition coefficient (Wildman–Crippen LogP) is 2.60. The number of carbonyl (C=O) groups excluding carboxylic acids is 1. The van der Waals surface area contributed by atoms with Crippen molar-refractivity contribution in [3.8, 4) is 0 Å². The second-order valence-corrected chi connectivity index (χ2v) is 5.55. The molecule has 1 aromatic carbocycles. The Labute approximate surface area is 116 Å². The number of rotatable bonds is 5. The van der Waals surface area contributed by atoms with E-state index in [0.717, 1.165) is 37.9 Å². The van der Waals surface area contributed by atoms with Crippen molar-refractivity contribution in [3.05, 3.63) is 29.8 Å². The Kier molecular flexibility index (Phi) is 4.25. The first kappa shape index (κ1) is 14.1. The summed E-state index contributed by atoms with van der Waals surface area (Å²) in [5.41, 5.74) is 2.12. The molecule has 0 saturated heterocycles. The minimum Gasteiger partial charge on any atom is -0.319 e. The van der Waals surface area contributed by atoms with E-state index in [4.69, 9.17) is 0 Å². The number of carbonyl (C=O) groups is 1. The second-order valence-electron chi connectivity index (χ2n) is 5.55. The van der Waals surface area contributed by atoms with Crippen LogP contribution in [0, 0.1) is 5.41 Å². The molecule has 19 heavy (non-hydrogen) atoms. The fourth-order valence-electron chi connectivity index (χ4n) is 2.84. The average molecular weight is 260 g/mol. The van der Waals surface area contributed by atoms with Gasteiger partial charge in [-0.1, -0.05) is 25.5 Å². The van der Waals surface area contributed by atoms with Gasteiger partial charge in [-0.25, -0.2) is 0 Å². The maximum Gasteiger partial charge on any atom is 0.234 e. The molecule has 0 aromatic heterocycles. The topological polar surface area (TPSA) is 32.3 Å². The van der Waals surface area contributed by atoms with Crippen LogP contribution in [0.2, 0.25) is 0 Å². The Balaban J connectivity index is 2.13. The third kappa shape index (κ3) is 2.66. The zero-order valence-electron chi connectivity index (χ0n) is 12.2.